The molecule has 0 saturated heterocycles. The Bertz CT molecular complexity index is 986. The van der Waals surface area contributed by atoms with E-state index in [1.54, 1.807) is 41.9 Å². The smallest absolute Gasteiger partial charge is 0.487 e. The van der Waals surface area contributed by atoms with Crippen molar-refractivity contribution in [1.29, 1.82) is 0 Å². The van der Waals surface area contributed by atoms with Gasteiger partial charge in [-0.3, -0.25) is 4.68 Å². The number of halogens is 3. The topological polar surface area (TPSA) is 74.3 Å². The summed E-state index contributed by atoms with van der Waals surface area (Å²) in [6.45, 7) is 2.26. The van der Waals surface area contributed by atoms with Crippen LogP contribution < -0.4 is 20.5 Å². The minimum Gasteiger partial charge on any atom is -0.487 e. The number of nitrogen functional groups attached to an aromatic ring is 1. The molecule has 0 amide bonds. The Morgan fingerprint density at radius 2 is 1.93 bits per heavy atom. The highest BCUT2D eigenvalue weighted by Crippen LogP contribution is 2.28. The summed E-state index contributed by atoms with van der Waals surface area (Å²) in [7, 11) is 1.83. The van der Waals surface area contributed by atoms with Crippen molar-refractivity contribution >= 4 is 11.4 Å². The SMILES string of the molecule is Cc1cc(CNc2cc(OCc3ccn(C)n3)ccc2N)ccc1OC(F)(F)F. The van der Waals surface area contributed by atoms with Crippen molar-refractivity contribution in [3.63, 3.8) is 0 Å². The standard InChI is InChI=1S/C20H21F3N4O2/c1-13-9-14(3-6-19(13)29-20(21,22)23)11-25-18-10-16(4-5-17(18)24)28-12-15-7-8-27(2)26-15/h3-10,25H,11-12,24H2,1-2H3. The first-order valence-corrected chi connectivity index (χ1v) is 8.79. The van der Waals surface area contributed by atoms with Crippen LogP contribution in [0.1, 0.15) is 16.8 Å². The number of benzene rings is 2. The van der Waals surface area contributed by atoms with E-state index in [4.69, 9.17) is 10.5 Å². The van der Waals surface area contributed by atoms with Gasteiger partial charge in [-0.1, -0.05) is 12.1 Å². The van der Waals surface area contributed by atoms with Crippen LogP contribution in [0.25, 0.3) is 0 Å². The molecule has 6 nitrogen and oxygen atoms in total. The Morgan fingerprint density at radius 1 is 1.14 bits per heavy atom. The van der Waals surface area contributed by atoms with Crippen LogP contribution in [-0.4, -0.2) is 16.1 Å². The van der Waals surface area contributed by atoms with Crippen molar-refractivity contribution in [3.8, 4) is 11.5 Å². The Balaban J connectivity index is 1.63. The number of aryl methyl sites for hydroxylation is 2. The van der Waals surface area contributed by atoms with Crippen LogP contribution in [0.5, 0.6) is 11.5 Å². The van der Waals surface area contributed by atoms with E-state index in [-0.39, 0.29) is 5.75 Å². The van der Waals surface area contributed by atoms with Gasteiger partial charge in [-0.15, -0.1) is 13.2 Å². The van der Waals surface area contributed by atoms with E-state index < -0.39 is 6.36 Å². The maximum Gasteiger partial charge on any atom is 0.573 e. The molecular formula is C20H21F3N4O2. The first kappa shape index (κ1) is 20.4. The molecule has 29 heavy (non-hydrogen) atoms. The van der Waals surface area contributed by atoms with Crippen LogP contribution in [0.4, 0.5) is 24.5 Å². The second-order valence-electron chi connectivity index (χ2n) is 6.52. The van der Waals surface area contributed by atoms with Gasteiger partial charge in [0.25, 0.3) is 0 Å². The lowest BCUT2D eigenvalue weighted by molar-refractivity contribution is -0.274. The molecule has 3 rings (SSSR count). The number of alkyl halides is 3. The molecule has 0 aliphatic carbocycles. The van der Waals surface area contributed by atoms with Gasteiger partial charge in [0.2, 0.25) is 0 Å². The van der Waals surface area contributed by atoms with Gasteiger partial charge in [-0.2, -0.15) is 5.10 Å². The van der Waals surface area contributed by atoms with E-state index in [0.717, 1.165) is 11.3 Å². The summed E-state index contributed by atoms with van der Waals surface area (Å²) < 4.78 is 48.6. The minimum atomic E-state index is -4.71. The summed E-state index contributed by atoms with van der Waals surface area (Å²) >= 11 is 0. The molecule has 0 radical (unpaired) electrons. The molecule has 0 unspecified atom stereocenters. The third-order valence-corrected chi connectivity index (χ3v) is 4.13. The summed E-state index contributed by atoms with van der Waals surface area (Å²) in [6.07, 6.45) is -2.88. The first-order chi connectivity index (χ1) is 13.7. The van der Waals surface area contributed by atoms with Gasteiger partial charge in [-0.05, 0) is 42.3 Å². The zero-order valence-corrected chi connectivity index (χ0v) is 16.0. The van der Waals surface area contributed by atoms with Crippen molar-refractivity contribution in [3.05, 3.63) is 65.5 Å². The number of nitrogens with zero attached hydrogens (tertiary/aromatic N) is 2. The second kappa shape index (κ2) is 8.34. The lowest BCUT2D eigenvalue weighted by Gasteiger charge is -2.14. The zero-order valence-electron chi connectivity index (χ0n) is 16.0. The number of nitrogens with one attached hydrogen (secondary N) is 1. The molecule has 3 aromatic rings. The molecule has 0 saturated carbocycles. The average molecular weight is 406 g/mol. The maximum absolute atomic E-state index is 12.4. The van der Waals surface area contributed by atoms with Crippen LogP contribution in [0.3, 0.4) is 0 Å². The highest BCUT2D eigenvalue weighted by molar-refractivity contribution is 5.68. The molecule has 154 valence electrons. The molecule has 9 heteroatoms. The molecule has 0 aliphatic rings. The van der Waals surface area contributed by atoms with Crippen LogP contribution >= 0.6 is 0 Å². The summed E-state index contributed by atoms with van der Waals surface area (Å²) in [6, 6.07) is 11.6. The van der Waals surface area contributed by atoms with E-state index in [2.05, 4.69) is 15.2 Å². The molecule has 0 atom stereocenters. The fourth-order valence-electron chi connectivity index (χ4n) is 2.73. The van der Waals surface area contributed by atoms with Crippen molar-refractivity contribution in [1.82, 2.24) is 9.78 Å². The number of ether oxygens (including phenoxy) is 2. The van der Waals surface area contributed by atoms with Crippen molar-refractivity contribution in [2.45, 2.75) is 26.4 Å². The number of hydrogen-bond donors (Lipinski definition) is 2. The van der Waals surface area contributed by atoms with Gasteiger partial charge < -0.3 is 20.5 Å². The maximum atomic E-state index is 12.4. The second-order valence-corrected chi connectivity index (χ2v) is 6.52. The van der Waals surface area contributed by atoms with Crippen LogP contribution in [-0.2, 0) is 20.2 Å². The lowest BCUT2D eigenvalue weighted by Crippen LogP contribution is -2.17. The van der Waals surface area contributed by atoms with E-state index in [1.165, 1.54) is 6.07 Å². The predicted molar refractivity (Wildman–Crippen MR) is 104 cm³/mol. The van der Waals surface area contributed by atoms with Crippen molar-refractivity contribution < 1.29 is 22.6 Å². The minimum absolute atomic E-state index is 0.217. The van der Waals surface area contributed by atoms with E-state index >= 15 is 0 Å². The van der Waals surface area contributed by atoms with Crippen molar-refractivity contribution in [2.24, 2.45) is 7.05 Å². The van der Waals surface area contributed by atoms with E-state index in [0.29, 0.717) is 35.8 Å². The number of aromatic nitrogens is 2. The van der Waals surface area contributed by atoms with Crippen LogP contribution in [0, 0.1) is 6.92 Å². The van der Waals surface area contributed by atoms with Gasteiger partial charge in [0.1, 0.15) is 18.1 Å². The highest BCUT2D eigenvalue weighted by atomic mass is 19.4. The molecule has 2 aromatic carbocycles. The quantitative estimate of drug-likeness (QED) is 0.569. The van der Waals surface area contributed by atoms with Gasteiger partial charge in [0.15, 0.2) is 0 Å². The Morgan fingerprint density at radius 3 is 2.59 bits per heavy atom. The summed E-state index contributed by atoms with van der Waals surface area (Å²) in [5.74, 6) is 0.406. The molecule has 0 aliphatic heterocycles. The Labute approximate surface area is 166 Å². The zero-order chi connectivity index (χ0) is 21.0. The van der Waals surface area contributed by atoms with Crippen LogP contribution in [0.15, 0.2) is 48.7 Å². The molecule has 1 aromatic heterocycles. The predicted octanol–water partition coefficient (Wildman–Crippen LogP) is 4.40. The number of anilines is 2. The fraction of sp³-hybridized carbons (Fsp3) is 0.250. The van der Waals surface area contributed by atoms with Crippen LogP contribution in [0.2, 0.25) is 0 Å². The first-order valence-electron chi connectivity index (χ1n) is 8.79. The third kappa shape index (κ3) is 5.81. The van der Waals surface area contributed by atoms with E-state index in [9.17, 15) is 13.2 Å². The van der Waals surface area contributed by atoms with Crippen molar-refractivity contribution in [2.75, 3.05) is 11.1 Å². The normalized spacial score (nSPS) is 11.3. The summed E-state index contributed by atoms with van der Waals surface area (Å²) in [5, 5.41) is 7.43. The van der Waals surface area contributed by atoms with Gasteiger partial charge in [0, 0.05) is 25.9 Å². The lowest BCUT2D eigenvalue weighted by atomic mass is 10.1. The van der Waals surface area contributed by atoms with Gasteiger partial charge >= 0.3 is 6.36 Å². The highest BCUT2D eigenvalue weighted by Gasteiger charge is 2.31. The van der Waals surface area contributed by atoms with Gasteiger partial charge in [0.05, 0.1) is 17.1 Å². The number of nitrogens with two attached hydrogens (primary N) is 1. The molecule has 0 fully saturated rings. The number of hydrogen-bond acceptors (Lipinski definition) is 5. The molecule has 0 bridgehead atoms. The third-order valence-electron chi connectivity index (χ3n) is 4.13. The average Bonchev–Trinajstić information content (AvgIpc) is 3.06. The number of rotatable bonds is 7. The fourth-order valence-corrected chi connectivity index (χ4v) is 2.73. The Hall–Kier alpha value is -3.36. The molecule has 1 heterocycles. The largest absolute Gasteiger partial charge is 0.573 e. The molecular weight excluding hydrogens is 385 g/mol. The Kier molecular flexibility index (Phi) is 5.86. The monoisotopic (exact) mass is 406 g/mol. The summed E-state index contributed by atoms with van der Waals surface area (Å²) in [5.41, 5.74) is 9.18. The van der Waals surface area contributed by atoms with E-state index in [1.807, 2.05) is 19.3 Å². The summed E-state index contributed by atoms with van der Waals surface area (Å²) in [4.78, 5) is 0. The molecule has 3 N–H and O–H groups in total. The molecule has 0 spiro atoms. The van der Waals surface area contributed by atoms with Gasteiger partial charge in [-0.25, -0.2) is 0 Å².